The average molecular weight is 367 g/mol. The van der Waals surface area contributed by atoms with Gasteiger partial charge in [0.05, 0.1) is 27.8 Å². The predicted octanol–water partition coefficient (Wildman–Crippen LogP) is 3.08. The SMILES string of the molecule is CC(C)(C)OC(=O)NC1Cc2cc(Cl)c3[nH]ncc3c2CNC1=S. The molecule has 1 aromatic heterocycles. The van der Waals surface area contributed by atoms with Crippen molar-refractivity contribution in [2.45, 2.75) is 45.4 Å². The molecule has 1 aliphatic heterocycles. The molecular formula is C16H19ClN4O2S. The van der Waals surface area contributed by atoms with Gasteiger partial charge in [-0.05, 0) is 44.4 Å². The third kappa shape index (κ3) is 3.47. The molecule has 2 heterocycles. The zero-order valence-electron chi connectivity index (χ0n) is 13.7. The van der Waals surface area contributed by atoms with Crippen LogP contribution in [0.1, 0.15) is 31.9 Å². The molecule has 0 saturated heterocycles. The van der Waals surface area contributed by atoms with Crippen LogP contribution in [0.2, 0.25) is 5.02 Å². The van der Waals surface area contributed by atoms with Gasteiger partial charge in [0.1, 0.15) is 5.60 Å². The molecule has 1 aliphatic rings. The van der Waals surface area contributed by atoms with Crippen molar-refractivity contribution in [2.24, 2.45) is 0 Å². The largest absolute Gasteiger partial charge is 0.444 e. The number of halogens is 1. The Labute approximate surface area is 150 Å². The number of benzene rings is 1. The number of aromatic nitrogens is 2. The van der Waals surface area contributed by atoms with Gasteiger partial charge in [-0.25, -0.2) is 4.79 Å². The lowest BCUT2D eigenvalue weighted by atomic mass is 9.99. The van der Waals surface area contributed by atoms with Crippen LogP contribution >= 0.6 is 23.8 Å². The van der Waals surface area contributed by atoms with E-state index in [1.54, 1.807) is 6.20 Å². The zero-order valence-corrected chi connectivity index (χ0v) is 15.3. The Hall–Kier alpha value is -1.86. The lowest BCUT2D eigenvalue weighted by molar-refractivity contribution is 0.0518. The second-order valence-corrected chi connectivity index (χ2v) is 7.62. The van der Waals surface area contributed by atoms with Crippen LogP contribution in [0.4, 0.5) is 4.79 Å². The highest BCUT2D eigenvalue weighted by Gasteiger charge is 2.26. The summed E-state index contributed by atoms with van der Waals surface area (Å²) in [6, 6.07) is 1.55. The maximum Gasteiger partial charge on any atom is 0.408 e. The van der Waals surface area contributed by atoms with Crippen LogP contribution < -0.4 is 10.6 Å². The number of amides is 1. The molecule has 0 aliphatic carbocycles. The smallest absolute Gasteiger partial charge is 0.408 e. The molecule has 128 valence electrons. The standard InChI is InChI=1S/C16H19ClN4O2S/c1-16(2,3)23-15(22)20-12-5-8-4-11(17)13-10(7-19-21-13)9(8)6-18-14(12)24/h4,7,12H,5-6H2,1-3H3,(H,18,24)(H,19,21)(H,20,22). The van der Waals surface area contributed by atoms with Gasteiger partial charge < -0.3 is 15.4 Å². The van der Waals surface area contributed by atoms with Gasteiger partial charge >= 0.3 is 6.09 Å². The van der Waals surface area contributed by atoms with Crippen molar-refractivity contribution in [1.82, 2.24) is 20.8 Å². The Morgan fingerprint density at radius 3 is 2.96 bits per heavy atom. The number of alkyl carbamates (subject to hydrolysis) is 1. The Balaban J connectivity index is 1.88. The second kappa shape index (κ2) is 6.22. The fourth-order valence-corrected chi connectivity index (χ4v) is 3.24. The van der Waals surface area contributed by atoms with E-state index in [4.69, 9.17) is 28.6 Å². The molecule has 1 amide bonds. The fraction of sp³-hybridized carbons (Fsp3) is 0.438. The van der Waals surface area contributed by atoms with E-state index in [1.165, 1.54) is 0 Å². The number of thiocarbonyl (C=S) groups is 1. The number of fused-ring (bicyclic) bond motifs is 3. The first-order chi connectivity index (χ1) is 11.2. The van der Waals surface area contributed by atoms with E-state index in [1.807, 2.05) is 26.8 Å². The average Bonchev–Trinajstić information content (AvgIpc) is 2.88. The normalized spacial score (nSPS) is 17.8. The first-order valence-corrected chi connectivity index (χ1v) is 8.44. The number of ether oxygens (including phenoxy) is 1. The number of hydrogen-bond donors (Lipinski definition) is 3. The van der Waals surface area contributed by atoms with Gasteiger partial charge in [-0.2, -0.15) is 5.10 Å². The molecule has 8 heteroatoms. The van der Waals surface area contributed by atoms with Gasteiger partial charge in [0.2, 0.25) is 0 Å². The van der Waals surface area contributed by atoms with Gasteiger partial charge in [-0.3, -0.25) is 5.10 Å². The highest BCUT2D eigenvalue weighted by Crippen LogP contribution is 2.30. The molecule has 0 saturated carbocycles. The molecule has 24 heavy (non-hydrogen) atoms. The molecule has 1 unspecified atom stereocenters. The maximum absolute atomic E-state index is 12.1. The second-order valence-electron chi connectivity index (χ2n) is 6.78. The number of carbonyl (C=O) groups excluding carboxylic acids is 1. The molecule has 0 spiro atoms. The van der Waals surface area contributed by atoms with Crippen molar-refractivity contribution in [2.75, 3.05) is 0 Å². The van der Waals surface area contributed by atoms with E-state index in [0.717, 1.165) is 22.0 Å². The summed E-state index contributed by atoms with van der Waals surface area (Å²) in [6.07, 6.45) is 1.81. The van der Waals surface area contributed by atoms with Gasteiger partial charge in [0.15, 0.2) is 0 Å². The van der Waals surface area contributed by atoms with Gasteiger partial charge in [0, 0.05) is 11.9 Å². The number of hydrogen-bond acceptors (Lipinski definition) is 4. The van der Waals surface area contributed by atoms with Crippen LogP contribution in [0, 0.1) is 0 Å². The summed E-state index contributed by atoms with van der Waals surface area (Å²) < 4.78 is 5.32. The minimum absolute atomic E-state index is 0.350. The maximum atomic E-state index is 12.1. The van der Waals surface area contributed by atoms with Crippen molar-refractivity contribution in [3.8, 4) is 0 Å². The molecule has 3 N–H and O–H groups in total. The van der Waals surface area contributed by atoms with Crippen molar-refractivity contribution >= 4 is 45.8 Å². The molecular weight excluding hydrogens is 348 g/mol. The van der Waals surface area contributed by atoms with Crippen LogP contribution in [0.3, 0.4) is 0 Å². The van der Waals surface area contributed by atoms with Crippen molar-refractivity contribution in [3.63, 3.8) is 0 Å². The molecule has 0 fully saturated rings. The summed E-state index contributed by atoms with van der Waals surface area (Å²) in [5, 5.41) is 14.6. The Morgan fingerprint density at radius 2 is 2.25 bits per heavy atom. The highest BCUT2D eigenvalue weighted by molar-refractivity contribution is 7.80. The number of rotatable bonds is 1. The minimum Gasteiger partial charge on any atom is -0.444 e. The van der Waals surface area contributed by atoms with Gasteiger partial charge in [-0.15, -0.1) is 0 Å². The van der Waals surface area contributed by atoms with Crippen LogP contribution in [0.25, 0.3) is 10.9 Å². The van der Waals surface area contributed by atoms with Crippen molar-refractivity contribution < 1.29 is 9.53 Å². The van der Waals surface area contributed by atoms with E-state index >= 15 is 0 Å². The van der Waals surface area contributed by atoms with Crippen LogP contribution in [-0.2, 0) is 17.7 Å². The number of aromatic amines is 1. The highest BCUT2D eigenvalue weighted by atomic mass is 35.5. The van der Waals surface area contributed by atoms with E-state index in [2.05, 4.69) is 20.8 Å². The first-order valence-electron chi connectivity index (χ1n) is 7.65. The Bertz CT molecular complexity index is 812. The Kier molecular flexibility index (Phi) is 4.40. The summed E-state index contributed by atoms with van der Waals surface area (Å²) in [7, 11) is 0. The van der Waals surface area contributed by atoms with E-state index < -0.39 is 11.7 Å². The third-order valence-electron chi connectivity index (χ3n) is 3.76. The van der Waals surface area contributed by atoms with Gasteiger partial charge in [-0.1, -0.05) is 23.8 Å². The molecule has 0 bridgehead atoms. The fourth-order valence-electron chi connectivity index (χ4n) is 2.75. The quantitative estimate of drug-likeness (QED) is 0.676. The van der Waals surface area contributed by atoms with E-state index in [-0.39, 0.29) is 6.04 Å². The van der Waals surface area contributed by atoms with Crippen LogP contribution in [-0.4, -0.2) is 32.9 Å². The van der Waals surface area contributed by atoms with Crippen LogP contribution in [0.5, 0.6) is 0 Å². The monoisotopic (exact) mass is 366 g/mol. The first kappa shape index (κ1) is 17.0. The Morgan fingerprint density at radius 1 is 1.50 bits per heavy atom. The number of nitrogens with zero attached hydrogens (tertiary/aromatic N) is 1. The lowest BCUT2D eigenvalue weighted by Gasteiger charge is -2.23. The van der Waals surface area contributed by atoms with E-state index in [0.29, 0.717) is 23.0 Å². The summed E-state index contributed by atoms with van der Waals surface area (Å²) in [5.41, 5.74) is 2.36. The lowest BCUT2D eigenvalue weighted by Crippen LogP contribution is -2.47. The van der Waals surface area contributed by atoms with E-state index in [9.17, 15) is 4.79 Å². The van der Waals surface area contributed by atoms with Crippen molar-refractivity contribution in [3.05, 3.63) is 28.4 Å². The van der Waals surface area contributed by atoms with Crippen molar-refractivity contribution in [1.29, 1.82) is 0 Å². The predicted molar refractivity (Wildman–Crippen MR) is 97.4 cm³/mol. The third-order valence-corrected chi connectivity index (χ3v) is 4.49. The zero-order chi connectivity index (χ0) is 17.5. The van der Waals surface area contributed by atoms with Gasteiger partial charge in [0.25, 0.3) is 0 Å². The summed E-state index contributed by atoms with van der Waals surface area (Å²) in [4.78, 5) is 12.6. The number of H-pyrrole nitrogens is 1. The molecule has 0 radical (unpaired) electrons. The number of carbonyl (C=O) groups is 1. The molecule has 2 aromatic rings. The van der Waals surface area contributed by atoms with Crippen LogP contribution in [0.15, 0.2) is 12.3 Å². The summed E-state index contributed by atoms with van der Waals surface area (Å²) >= 11 is 11.7. The molecule has 1 aromatic carbocycles. The summed E-state index contributed by atoms with van der Waals surface area (Å²) in [6.45, 7) is 6.02. The topological polar surface area (TPSA) is 79.0 Å². The number of nitrogens with one attached hydrogen (secondary N) is 3. The minimum atomic E-state index is -0.561. The molecule has 1 atom stereocenters. The molecule has 3 rings (SSSR count). The summed E-state index contributed by atoms with van der Waals surface area (Å²) in [5.74, 6) is 0. The molecule has 6 nitrogen and oxygen atoms in total.